The summed E-state index contributed by atoms with van der Waals surface area (Å²) in [6.07, 6.45) is 1.10. The molecule has 0 aliphatic carbocycles. The molecule has 0 amide bonds. The highest BCUT2D eigenvalue weighted by Gasteiger charge is 2.15. The van der Waals surface area contributed by atoms with Crippen LogP contribution in [0.3, 0.4) is 0 Å². The number of hydrogen-bond acceptors (Lipinski definition) is 2. The van der Waals surface area contributed by atoms with Crippen molar-refractivity contribution in [1.29, 1.82) is 0 Å². The van der Waals surface area contributed by atoms with Crippen LogP contribution in [0.15, 0.2) is 0 Å². The van der Waals surface area contributed by atoms with E-state index in [1.165, 1.54) is 0 Å². The van der Waals surface area contributed by atoms with Gasteiger partial charge in [-0.05, 0) is 0 Å². The molecule has 0 saturated carbocycles. The molecule has 0 aromatic carbocycles. The molecule has 2 nitrogen and oxygen atoms in total. The van der Waals surface area contributed by atoms with Gasteiger partial charge in [-0.2, -0.15) is 5.06 Å². The fourth-order valence-electron chi connectivity index (χ4n) is 0.733. The molecule has 0 unspecified atom stereocenters. The summed E-state index contributed by atoms with van der Waals surface area (Å²) in [5.74, 6) is 0. The number of hydrogen-bond donors (Lipinski definition) is 0. The molecule has 0 rings (SSSR count). The van der Waals surface area contributed by atoms with Crippen molar-refractivity contribution in [3.05, 3.63) is 0 Å². The Balaban J connectivity index is 3.47. The predicted molar refractivity (Wildman–Crippen MR) is 43.0 cm³/mol. The first-order valence-corrected chi connectivity index (χ1v) is 6.91. The van der Waals surface area contributed by atoms with Crippen LogP contribution in [-0.4, -0.2) is 33.5 Å². The fraction of sp³-hybridized carbons (Fsp3) is 1.00. The van der Waals surface area contributed by atoms with E-state index in [-0.39, 0.29) is 0 Å². The normalized spacial score (nSPS) is 12.7. The molecule has 0 atom stereocenters. The van der Waals surface area contributed by atoms with Gasteiger partial charge in [0.25, 0.3) is 0 Å². The van der Waals surface area contributed by atoms with Crippen LogP contribution < -0.4 is 0 Å². The first-order chi connectivity index (χ1) is 3.95. The number of hydroxylamine groups is 2. The van der Waals surface area contributed by atoms with Crippen molar-refractivity contribution in [2.45, 2.75) is 19.6 Å². The van der Waals surface area contributed by atoms with Crippen LogP contribution >= 0.6 is 0 Å². The van der Waals surface area contributed by atoms with Gasteiger partial charge in [0.15, 0.2) is 0 Å². The first-order valence-electron chi connectivity index (χ1n) is 3.21. The Morgan fingerprint density at radius 3 is 1.89 bits per heavy atom. The van der Waals surface area contributed by atoms with Crippen LogP contribution in [0.2, 0.25) is 19.6 Å². The molecule has 0 N–H and O–H groups in total. The quantitative estimate of drug-likeness (QED) is 0.441. The summed E-state index contributed by atoms with van der Waals surface area (Å²) in [6, 6.07) is 0. The predicted octanol–water partition coefficient (Wildman–Crippen LogP) is 1.36. The highest BCUT2D eigenvalue weighted by atomic mass is 28.3. The van der Waals surface area contributed by atoms with E-state index in [2.05, 4.69) is 19.6 Å². The summed E-state index contributed by atoms with van der Waals surface area (Å²) in [5, 5.41) is 1.90. The standard InChI is InChI=1S/C6H17NOSi/c1-7(8-2)6-9(3,4)5/h6H2,1-5H3. The fourth-order valence-corrected chi connectivity index (χ4v) is 2.20. The van der Waals surface area contributed by atoms with E-state index in [0.717, 1.165) is 6.17 Å². The lowest BCUT2D eigenvalue weighted by atomic mass is 11.2. The Morgan fingerprint density at radius 1 is 1.33 bits per heavy atom. The molecular weight excluding hydrogens is 130 g/mol. The van der Waals surface area contributed by atoms with Crippen molar-refractivity contribution in [3.63, 3.8) is 0 Å². The van der Waals surface area contributed by atoms with E-state index in [1.807, 2.05) is 12.1 Å². The zero-order chi connectivity index (χ0) is 7.49. The number of nitrogens with zero attached hydrogens (tertiary/aromatic N) is 1. The van der Waals surface area contributed by atoms with E-state index in [1.54, 1.807) is 7.11 Å². The lowest BCUT2D eigenvalue weighted by Crippen LogP contribution is -2.37. The van der Waals surface area contributed by atoms with E-state index in [9.17, 15) is 0 Å². The summed E-state index contributed by atoms with van der Waals surface area (Å²) in [6.45, 7) is 6.97. The smallest absolute Gasteiger partial charge is 0.0630 e. The molecular formula is C6H17NOSi. The van der Waals surface area contributed by atoms with Crippen molar-refractivity contribution in [2.24, 2.45) is 0 Å². The molecule has 0 bridgehead atoms. The van der Waals surface area contributed by atoms with Crippen molar-refractivity contribution in [2.75, 3.05) is 20.3 Å². The second kappa shape index (κ2) is 3.34. The minimum Gasteiger partial charge on any atom is -0.303 e. The largest absolute Gasteiger partial charge is 0.303 e. The van der Waals surface area contributed by atoms with E-state index < -0.39 is 8.07 Å². The van der Waals surface area contributed by atoms with Gasteiger partial charge in [0.2, 0.25) is 0 Å². The first kappa shape index (κ1) is 9.14. The van der Waals surface area contributed by atoms with Gasteiger partial charge in [0.1, 0.15) is 0 Å². The molecule has 0 aromatic heterocycles. The molecule has 0 saturated heterocycles. The van der Waals surface area contributed by atoms with Crippen molar-refractivity contribution in [1.82, 2.24) is 5.06 Å². The summed E-state index contributed by atoms with van der Waals surface area (Å²) >= 11 is 0. The molecule has 0 spiro atoms. The summed E-state index contributed by atoms with van der Waals surface area (Å²) in [5.41, 5.74) is 0. The Morgan fingerprint density at radius 2 is 1.78 bits per heavy atom. The van der Waals surface area contributed by atoms with E-state index in [0.29, 0.717) is 0 Å². The SMILES string of the molecule is CON(C)C[Si](C)(C)C. The lowest BCUT2D eigenvalue weighted by molar-refractivity contribution is -0.0951. The zero-order valence-corrected chi connectivity index (χ0v) is 8.06. The van der Waals surface area contributed by atoms with Crippen molar-refractivity contribution in [3.8, 4) is 0 Å². The van der Waals surface area contributed by atoms with Gasteiger partial charge in [-0.15, -0.1) is 0 Å². The van der Waals surface area contributed by atoms with Gasteiger partial charge < -0.3 is 4.84 Å². The third kappa shape index (κ3) is 6.02. The molecule has 0 fully saturated rings. The summed E-state index contributed by atoms with van der Waals surface area (Å²) in [4.78, 5) is 4.99. The molecule has 9 heavy (non-hydrogen) atoms. The topological polar surface area (TPSA) is 12.5 Å². The lowest BCUT2D eigenvalue weighted by Gasteiger charge is -2.22. The second-order valence-electron chi connectivity index (χ2n) is 3.53. The maximum Gasteiger partial charge on any atom is 0.0630 e. The average Bonchev–Trinajstić information content (AvgIpc) is 1.62. The van der Waals surface area contributed by atoms with Crippen molar-refractivity contribution >= 4 is 8.07 Å². The van der Waals surface area contributed by atoms with Gasteiger partial charge in [0.05, 0.1) is 15.2 Å². The zero-order valence-electron chi connectivity index (χ0n) is 7.06. The molecule has 0 aromatic rings. The minimum atomic E-state index is -0.940. The molecule has 0 radical (unpaired) electrons. The second-order valence-corrected chi connectivity index (χ2v) is 8.97. The Kier molecular flexibility index (Phi) is 3.39. The van der Waals surface area contributed by atoms with Crippen LogP contribution in [-0.2, 0) is 4.84 Å². The van der Waals surface area contributed by atoms with Gasteiger partial charge in [0, 0.05) is 13.2 Å². The van der Waals surface area contributed by atoms with Crippen LogP contribution in [0.5, 0.6) is 0 Å². The van der Waals surface area contributed by atoms with Gasteiger partial charge in [-0.3, -0.25) is 0 Å². The highest BCUT2D eigenvalue weighted by molar-refractivity contribution is 6.76. The molecule has 3 heteroatoms. The Hall–Kier alpha value is 0.137. The van der Waals surface area contributed by atoms with Crippen LogP contribution in [0.25, 0.3) is 0 Å². The van der Waals surface area contributed by atoms with Crippen LogP contribution in [0.1, 0.15) is 0 Å². The van der Waals surface area contributed by atoms with Gasteiger partial charge >= 0.3 is 0 Å². The maximum atomic E-state index is 4.99. The van der Waals surface area contributed by atoms with E-state index >= 15 is 0 Å². The monoisotopic (exact) mass is 147 g/mol. The summed E-state index contributed by atoms with van der Waals surface area (Å²) in [7, 11) is 2.74. The maximum absolute atomic E-state index is 4.99. The van der Waals surface area contributed by atoms with E-state index in [4.69, 9.17) is 4.84 Å². The highest BCUT2D eigenvalue weighted by Crippen LogP contribution is 2.01. The Bertz CT molecular complexity index is 79.6. The van der Waals surface area contributed by atoms with Crippen LogP contribution in [0.4, 0.5) is 0 Å². The molecule has 0 heterocycles. The third-order valence-corrected chi connectivity index (χ3v) is 2.40. The van der Waals surface area contributed by atoms with Gasteiger partial charge in [-0.25, -0.2) is 0 Å². The Labute approximate surface area is 58.8 Å². The molecule has 0 aliphatic rings. The van der Waals surface area contributed by atoms with Gasteiger partial charge in [-0.1, -0.05) is 19.6 Å². The average molecular weight is 147 g/mol. The molecule has 56 valence electrons. The number of rotatable bonds is 3. The third-order valence-electron chi connectivity index (χ3n) is 1.01. The molecule has 0 aliphatic heterocycles. The van der Waals surface area contributed by atoms with Crippen LogP contribution in [0, 0.1) is 0 Å². The van der Waals surface area contributed by atoms with Crippen molar-refractivity contribution < 1.29 is 4.84 Å². The summed E-state index contributed by atoms with van der Waals surface area (Å²) < 4.78 is 0. The minimum absolute atomic E-state index is 0.940.